The average Bonchev–Trinajstić information content (AvgIpc) is 3.83. The van der Waals surface area contributed by atoms with Gasteiger partial charge in [0, 0.05) is 27.4 Å². The second-order valence-electron chi connectivity index (χ2n) is 14.2. The summed E-state index contributed by atoms with van der Waals surface area (Å²) in [6.45, 7) is 0. The summed E-state index contributed by atoms with van der Waals surface area (Å²) in [5.41, 5.74) is 12.4. The van der Waals surface area contributed by atoms with Gasteiger partial charge < -0.3 is 14.3 Å². The topological polar surface area (TPSA) is 54.8 Å². The van der Waals surface area contributed by atoms with Gasteiger partial charge in [-0.3, -0.25) is 0 Å². The van der Waals surface area contributed by atoms with Gasteiger partial charge in [0.05, 0.1) is 22.0 Å². The van der Waals surface area contributed by atoms with Crippen LogP contribution in [0.25, 0.3) is 71.7 Å². The molecule has 1 N–H and O–H groups in total. The molecule has 2 aromatic heterocycles. The van der Waals surface area contributed by atoms with E-state index >= 15 is 0 Å². The third-order valence-electron chi connectivity index (χ3n) is 10.9. The summed E-state index contributed by atoms with van der Waals surface area (Å²) in [6, 6.07) is 67.9. The SMILES string of the molecule is c1ccc(-c2ccc(C3N=C(c4cccc5c4oc4ccc6c7ccccc7n(-c7ccccc7)c6c45)N=C(c4cccc(-c5ccccc5)c4)N3)cc2)cc1. The molecular weight excluding hydrogens is 685 g/mol. The molecule has 0 amide bonds. The molecular formula is C51H34N4O. The van der Waals surface area contributed by atoms with Crippen LogP contribution in [0.4, 0.5) is 0 Å². The molecule has 1 unspecified atom stereocenters. The van der Waals surface area contributed by atoms with E-state index in [1.54, 1.807) is 0 Å². The lowest BCUT2D eigenvalue weighted by Crippen LogP contribution is -2.33. The molecule has 1 atom stereocenters. The summed E-state index contributed by atoms with van der Waals surface area (Å²) in [7, 11) is 0. The highest BCUT2D eigenvalue weighted by Crippen LogP contribution is 2.42. The van der Waals surface area contributed by atoms with E-state index in [-0.39, 0.29) is 6.17 Å². The molecule has 3 heterocycles. The Morgan fingerprint density at radius 3 is 1.91 bits per heavy atom. The summed E-state index contributed by atoms with van der Waals surface area (Å²) < 4.78 is 9.23. The molecule has 5 heteroatoms. The van der Waals surface area contributed by atoms with Gasteiger partial charge in [0.25, 0.3) is 0 Å². The second-order valence-corrected chi connectivity index (χ2v) is 14.2. The van der Waals surface area contributed by atoms with E-state index in [1.807, 2.05) is 12.1 Å². The minimum atomic E-state index is -0.380. The van der Waals surface area contributed by atoms with E-state index in [1.165, 1.54) is 16.3 Å². The maximum absolute atomic E-state index is 6.87. The van der Waals surface area contributed by atoms with Gasteiger partial charge in [-0.2, -0.15) is 0 Å². The van der Waals surface area contributed by atoms with Crippen molar-refractivity contribution < 1.29 is 4.42 Å². The summed E-state index contributed by atoms with van der Waals surface area (Å²) in [4.78, 5) is 10.6. The second kappa shape index (κ2) is 13.1. The van der Waals surface area contributed by atoms with Gasteiger partial charge in [0.2, 0.25) is 0 Å². The minimum absolute atomic E-state index is 0.380. The van der Waals surface area contributed by atoms with Crippen LogP contribution in [-0.2, 0) is 0 Å². The molecule has 10 aromatic rings. The molecule has 0 saturated heterocycles. The van der Waals surface area contributed by atoms with E-state index in [4.69, 9.17) is 14.4 Å². The quantitative estimate of drug-likeness (QED) is 0.186. The lowest BCUT2D eigenvalue weighted by molar-refractivity contribution is 0.663. The highest BCUT2D eigenvalue weighted by atomic mass is 16.3. The van der Waals surface area contributed by atoms with Crippen molar-refractivity contribution >= 4 is 55.4 Å². The molecule has 0 spiro atoms. The van der Waals surface area contributed by atoms with E-state index in [0.29, 0.717) is 5.84 Å². The van der Waals surface area contributed by atoms with E-state index < -0.39 is 0 Å². The Morgan fingerprint density at radius 1 is 0.500 bits per heavy atom. The molecule has 1 aliphatic heterocycles. The Bertz CT molecular complexity index is 3140. The smallest absolute Gasteiger partial charge is 0.163 e. The van der Waals surface area contributed by atoms with Crippen LogP contribution >= 0.6 is 0 Å². The Morgan fingerprint density at radius 2 is 1.12 bits per heavy atom. The van der Waals surface area contributed by atoms with Crippen molar-refractivity contribution in [3.05, 3.63) is 211 Å². The summed E-state index contributed by atoms with van der Waals surface area (Å²) >= 11 is 0. The van der Waals surface area contributed by atoms with Gasteiger partial charge in [-0.25, -0.2) is 9.98 Å². The lowest BCUT2D eigenvalue weighted by atomic mass is 10.0. The lowest BCUT2D eigenvalue weighted by Gasteiger charge is -2.24. The molecule has 0 saturated carbocycles. The maximum Gasteiger partial charge on any atom is 0.163 e. The number of nitrogens with zero attached hydrogens (tertiary/aromatic N) is 3. The van der Waals surface area contributed by atoms with Gasteiger partial charge in [-0.05, 0) is 70.3 Å². The van der Waals surface area contributed by atoms with Crippen LogP contribution in [0.5, 0.6) is 0 Å². The molecule has 5 nitrogen and oxygen atoms in total. The minimum Gasteiger partial charge on any atom is -0.455 e. The number of hydrogen-bond acceptors (Lipinski definition) is 4. The van der Waals surface area contributed by atoms with Crippen LogP contribution < -0.4 is 5.32 Å². The Kier molecular flexibility index (Phi) is 7.49. The van der Waals surface area contributed by atoms with Crippen molar-refractivity contribution in [2.45, 2.75) is 6.17 Å². The number of nitrogens with one attached hydrogen (secondary N) is 1. The largest absolute Gasteiger partial charge is 0.455 e. The molecule has 0 radical (unpaired) electrons. The number of benzene rings is 8. The molecule has 0 aliphatic carbocycles. The number of aromatic nitrogens is 1. The zero-order valence-electron chi connectivity index (χ0n) is 30.3. The Labute approximate surface area is 323 Å². The monoisotopic (exact) mass is 718 g/mol. The van der Waals surface area contributed by atoms with Gasteiger partial charge in [-0.1, -0.05) is 152 Å². The van der Waals surface area contributed by atoms with Crippen LogP contribution in [0.3, 0.4) is 0 Å². The van der Waals surface area contributed by atoms with E-state index in [0.717, 1.165) is 77.9 Å². The first-order chi connectivity index (χ1) is 27.8. The first-order valence-corrected chi connectivity index (χ1v) is 18.9. The van der Waals surface area contributed by atoms with Crippen LogP contribution in [0, 0.1) is 0 Å². The Balaban J connectivity index is 1.11. The predicted octanol–water partition coefficient (Wildman–Crippen LogP) is 12.5. The summed E-state index contributed by atoms with van der Waals surface area (Å²) in [5.74, 6) is 1.37. The molecule has 8 aromatic carbocycles. The van der Waals surface area contributed by atoms with Gasteiger partial charge >= 0.3 is 0 Å². The van der Waals surface area contributed by atoms with Gasteiger partial charge in [-0.15, -0.1) is 0 Å². The standard InChI is InChI=1S/C51H34N4O/c1-4-14-33(15-5-1)35-26-28-36(29-27-35)49-52-50(38-19-12-18-37(32-38)34-16-6-2-7-17-34)54-51(53-49)43-24-13-23-42-46-45(56-48(42)43)31-30-41-40-22-10-11-25-44(40)55(47(41)46)39-20-8-3-9-21-39/h1-32,49H,(H,52,53,54). The highest BCUT2D eigenvalue weighted by molar-refractivity contribution is 6.27. The normalized spacial score (nSPS) is 14.2. The van der Waals surface area contributed by atoms with Crippen molar-refractivity contribution in [3.63, 3.8) is 0 Å². The van der Waals surface area contributed by atoms with Crippen LogP contribution in [-0.4, -0.2) is 16.2 Å². The van der Waals surface area contributed by atoms with Crippen LogP contribution in [0.2, 0.25) is 0 Å². The number of rotatable bonds is 6. The number of furan rings is 1. The number of fused-ring (bicyclic) bond motifs is 7. The third kappa shape index (κ3) is 5.32. The number of amidine groups is 2. The van der Waals surface area contributed by atoms with Crippen LogP contribution in [0.1, 0.15) is 22.9 Å². The fourth-order valence-corrected chi connectivity index (χ4v) is 8.21. The predicted molar refractivity (Wildman–Crippen MR) is 231 cm³/mol. The van der Waals surface area contributed by atoms with Gasteiger partial charge in [0.15, 0.2) is 5.84 Å². The first kappa shape index (κ1) is 32.0. The zero-order chi connectivity index (χ0) is 37.0. The highest BCUT2D eigenvalue weighted by Gasteiger charge is 2.25. The fourth-order valence-electron chi connectivity index (χ4n) is 8.21. The van der Waals surface area contributed by atoms with Crippen molar-refractivity contribution in [1.82, 2.24) is 9.88 Å². The van der Waals surface area contributed by atoms with Crippen molar-refractivity contribution in [3.8, 4) is 27.9 Å². The van der Waals surface area contributed by atoms with Gasteiger partial charge in [0.1, 0.15) is 23.2 Å². The maximum atomic E-state index is 6.87. The number of hydrogen-bond donors (Lipinski definition) is 1. The molecule has 11 rings (SSSR count). The number of para-hydroxylation sites is 3. The first-order valence-electron chi connectivity index (χ1n) is 18.9. The van der Waals surface area contributed by atoms with Crippen LogP contribution in [0.15, 0.2) is 209 Å². The van der Waals surface area contributed by atoms with Crippen molar-refractivity contribution in [2.24, 2.45) is 9.98 Å². The molecule has 264 valence electrons. The summed E-state index contributed by atoms with van der Waals surface area (Å²) in [5, 5.41) is 8.17. The molecule has 0 fully saturated rings. The fraction of sp³-hybridized carbons (Fsp3) is 0.0196. The molecule has 56 heavy (non-hydrogen) atoms. The van der Waals surface area contributed by atoms with Crippen molar-refractivity contribution in [1.29, 1.82) is 0 Å². The van der Waals surface area contributed by atoms with E-state index in [2.05, 4.69) is 192 Å². The zero-order valence-corrected chi connectivity index (χ0v) is 30.3. The molecule has 0 bridgehead atoms. The average molecular weight is 719 g/mol. The third-order valence-corrected chi connectivity index (χ3v) is 10.9. The molecule has 1 aliphatic rings. The summed E-state index contributed by atoms with van der Waals surface area (Å²) in [6.07, 6.45) is -0.380. The Hall–Kier alpha value is -7.50. The van der Waals surface area contributed by atoms with Crippen molar-refractivity contribution in [2.75, 3.05) is 0 Å². The van der Waals surface area contributed by atoms with E-state index in [9.17, 15) is 0 Å². The number of aliphatic imine (C=N–C) groups is 2.